The van der Waals surface area contributed by atoms with Crippen LogP contribution in [-0.4, -0.2) is 32.9 Å². The monoisotopic (exact) mass is 299 g/mol. The molecular formula is C16H26ClNO2. The maximum atomic E-state index is 5.77. The van der Waals surface area contributed by atoms with Crippen molar-refractivity contribution in [1.29, 1.82) is 0 Å². The van der Waals surface area contributed by atoms with Gasteiger partial charge in [0.15, 0.2) is 0 Å². The maximum Gasteiger partial charge on any atom is 0.142 e. The summed E-state index contributed by atoms with van der Waals surface area (Å²) in [6.45, 7) is 7.08. The fourth-order valence-corrected chi connectivity index (χ4v) is 2.73. The molecule has 0 aromatic heterocycles. The van der Waals surface area contributed by atoms with Crippen LogP contribution in [0.5, 0.6) is 5.75 Å². The number of methoxy groups -OCH3 is 1. The van der Waals surface area contributed by atoms with Gasteiger partial charge in [-0.05, 0) is 43.9 Å². The lowest BCUT2D eigenvalue weighted by molar-refractivity contribution is 0.0526. The number of hydrogen-bond acceptors (Lipinski definition) is 3. The summed E-state index contributed by atoms with van der Waals surface area (Å²) < 4.78 is 11.3. The van der Waals surface area contributed by atoms with E-state index in [1.54, 1.807) is 7.11 Å². The van der Waals surface area contributed by atoms with E-state index in [9.17, 15) is 0 Å². The minimum atomic E-state index is 0. The first-order valence-corrected chi connectivity index (χ1v) is 7.32. The third-order valence-electron chi connectivity index (χ3n) is 3.77. The Labute approximate surface area is 128 Å². The number of piperidine rings is 1. The molecule has 1 fully saturated rings. The van der Waals surface area contributed by atoms with Crippen LogP contribution in [0.4, 0.5) is 5.69 Å². The Balaban J connectivity index is 0.00000200. The van der Waals surface area contributed by atoms with Crippen molar-refractivity contribution >= 4 is 18.1 Å². The van der Waals surface area contributed by atoms with Crippen molar-refractivity contribution in [2.45, 2.75) is 39.2 Å². The van der Waals surface area contributed by atoms with Gasteiger partial charge in [-0.15, -0.1) is 12.4 Å². The summed E-state index contributed by atoms with van der Waals surface area (Å²) in [6, 6.07) is 6.54. The molecule has 20 heavy (non-hydrogen) atoms. The van der Waals surface area contributed by atoms with Crippen LogP contribution >= 0.6 is 12.4 Å². The second-order valence-electron chi connectivity index (χ2n) is 5.03. The van der Waals surface area contributed by atoms with Crippen LogP contribution in [-0.2, 0) is 11.2 Å². The molecule has 1 atom stereocenters. The van der Waals surface area contributed by atoms with Crippen molar-refractivity contribution in [2.75, 3.05) is 31.7 Å². The standard InChI is InChI=1S/C16H25NO2.ClH/c1-4-13-8-9-15(16(11-13)18-3)17-10-6-7-14(12-17)19-5-2;/h8-9,11,14H,4-7,10,12H2,1-3H3;1H. The van der Waals surface area contributed by atoms with Gasteiger partial charge in [0, 0.05) is 19.7 Å². The Morgan fingerprint density at radius 1 is 1.30 bits per heavy atom. The molecule has 0 radical (unpaired) electrons. The zero-order valence-electron chi connectivity index (χ0n) is 12.7. The van der Waals surface area contributed by atoms with Crippen molar-refractivity contribution in [1.82, 2.24) is 0 Å². The minimum absolute atomic E-state index is 0. The van der Waals surface area contributed by atoms with Crippen LogP contribution in [0.25, 0.3) is 0 Å². The second kappa shape index (κ2) is 8.38. The van der Waals surface area contributed by atoms with Crippen LogP contribution < -0.4 is 9.64 Å². The highest BCUT2D eigenvalue weighted by Gasteiger charge is 2.22. The molecule has 0 amide bonds. The predicted octanol–water partition coefficient (Wildman–Crippen LogP) is 3.68. The summed E-state index contributed by atoms with van der Waals surface area (Å²) in [5, 5.41) is 0. The summed E-state index contributed by atoms with van der Waals surface area (Å²) in [5.41, 5.74) is 2.52. The smallest absolute Gasteiger partial charge is 0.142 e. The molecule has 1 aromatic carbocycles. The molecule has 1 saturated heterocycles. The predicted molar refractivity (Wildman–Crippen MR) is 86.5 cm³/mol. The third-order valence-corrected chi connectivity index (χ3v) is 3.77. The van der Waals surface area contributed by atoms with Gasteiger partial charge >= 0.3 is 0 Å². The number of benzene rings is 1. The van der Waals surface area contributed by atoms with E-state index in [0.717, 1.165) is 31.9 Å². The molecule has 1 aliphatic heterocycles. The van der Waals surface area contributed by atoms with E-state index >= 15 is 0 Å². The van der Waals surface area contributed by atoms with Crippen LogP contribution in [0.3, 0.4) is 0 Å². The van der Waals surface area contributed by atoms with E-state index in [1.807, 2.05) is 0 Å². The average Bonchev–Trinajstić information content (AvgIpc) is 2.47. The molecular weight excluding hydrogens is 274 g/mol. The van der Waals surface area contributed by atoms with E-state index in [-0.39, 0.29) is 12.4 Å². The molecule has 1 unspecified atom stereocenters. The first-order valence-electron chi connectivity index (χ1n) is 7.32. The van der Waals surface area contributed by atoms with Gasteiger partial charge in [-0.2, -0.15) is 0 Å². The Bertz CT molecular complexity index is 409. The van der Waals surface area contributed by atoms with Crippen molar-refractivity contribution in [2.24, 2.45) is 0 Å². The highest BCUT2D eigenvalue weighted by molar-refractivity contribution is 5.85. The van der Waals surface area contributed by atoms with Crippen molar-refractivity contribution in [3.05, 3.63) is 23.8 Å². The third kappa shape index (κ3) is 4.03. The van der Waals surface area contributed by atoms with E-state index in [1.165, 1.54) is 24.1 Å². The van der Waals surface area contributed by atoms with Crippen molar-refractivity contribution in [3.63, 3.8) is 0 Å². The molecule has 3 nitrogen and oxygen atoms in total. The fraction of sp³-hybridized carbons (Fsp3) is 0.625. The molecule has 1 heterocycles. The highest BCUT2D eigenvalue weighted by atomic mass is 35.5. The van der Waals surface area contributed by atoms with E-state index in [2.05, 4.69) is 36.9 Å². The lowest BCUT2D eigenvalue weighted by Crippen LogP contribution is -2.39. The molecule has 4 heteroatoms. The number of rotatable bonds is 5. The topological polar surface area (TPSA) is 21.7 Å². The van der Waals surface area contributed by atoms with Gasteiger partial charge in [0.1, 0.15) is 5.75 Å². The van der Waals surface area contributed by atoms with Gasteiger partial charge in [0.2, 0.25) is 0 Å². The summed E-state index contributed by atoms with van der Waals surface area (Å²) in [5.74, 6) is 0.983. The Kier molecular flexibility index (Phi) is 7.17. The average molecular weight is 300 g/mol. The van der Waals surface area contributed by atoms with Crippen molar-refractivity contribution < 1.29 is 9.47 Å². The van der Waals surface area contributed by atoms with E-state index in [0.29, 0.717) is 6.10 Å². The Hall–Kier alpha value is -0.930. The molecule has 0 saturated carbocycles. The fourth-order valence-electron chi connectivity index (χ4n) is 2.73. The van der Waals surface area contributed by atoms with Gasteiger partial charge in [0.05, 0.1) is 18.9 Å². The summed E-state index contributed by atoms with van der Waals surface area (Å²) in [7, 11) is 1.75. The van der Waals surface area contributed by atoms with Crippen LogP contribution in [0.1, 0.15) is 32.3 Å². The lowest BCUT2D eigenvalue weighted by atomic mass is 10.1. The minimum Gasteiger partial charge on any atom is -0.495 e. The maximum absolute atomic E-state index is 5.77. The number of nitrogens with zero attached hydrogens (tertiary/aromatic N) is 1. The largest absolute Gasteiger partial charge is 0.495 e. The van der Waals surface area contributed by atoms with Gasteiger partial charge in [-0.3, -0.25) is 0 Å². The first-order chi connectivity index (χ1) is 9.28. The van der Waals surface area contributed by atoms with E-state index in [4.69, 9.17) is 9.47 Å². The molecule has 114 valence electrons. The number of ether oxygens (including phenoxy) is 2. The summed E-state index contributed by atoms with van der Waals surface area (Å²) >= 11 is 0. The number of anilines is 1. The van der Waals surface area contributed by atoms with Gasteiger partial charge in [0.25, 0.3) is 0 Å². The normalized spacial score (nSPS) is 18.6. The summed E-state index contributed by atoms with van der Waals surface area (Å²) in [4.78, 5) is 2.39. The molecule has 1 aromatic rings. The van der Waals surface area contributed by atoms with Gasteiger partial charge in [-0.1, -0.05) is 13.0 Å². The van der Waals surface area contributed by atoms with Gasteiger partial charge < -0.3 is 14.4 Å². The quantitative estimate of drug-likeness (QED) is 0.828. The molecule has 0 N–H and O–H groups in total. The molecule has 0 bridgehead atoms. The van der Waals surface area contributed by atoms with Crippen LogP contribution in [0, 0.1) is 0 Å². The highest BCUT2D eigenvalue weighted by Crippen LogP contribution is 2.32. The molecule has 0 spiro atoms. The van der Waals surface area contributed by atoms with Crippen LogP contribution in [0.2, 0.25) is 0 Å². The number of hydrogen-bond donors (Lipinski definition) is 0. The second-order valence-corrected chi connectivity index (χ2v) is 5.03. The molecule has 2 rings (SSSR count). The van der Waals surface area contributed by atoms with E-state index < -0.39 is 0 Å². The SMILES string of the molecule is CCOC1CCCN(c2ccc(CC)cc2OC)C1.Cl. The van der Waals surface area contributed by atoms with Crippen molar-refractivity contribution in [3.8, 4) is 5.75 Å². The first kappa shape index (κ1) is 17.1. The van der Waals surface area contributed by atoms with Crippen LogP contribution in [0.15, 0.2) is 18.2 Å². The zero-order valence-corrected chi connectivity index (χ0v) is 13.5. The Morgan fingerprint density at radius 2 is 2.10 bits per heavy atom. The number of halogens is 1. The zero-order chi connectivity index (χ0) is 13.7. The Morgan fingerprint density at radius 3 is 2.75 bits per heavy atom. The molecule has 1 aliphatic rings. The lowest BCUT2D eigenvalue weighted by Gasteiger charge is -2.35. The van der Waals surface area contributed by atoms with Gasteiger partial charge in [-0.25, -0.2) is 0 Å². The number of aryl methyl sites for hydroxylation is 1. The summed E-state index contributed by atoms with van der Waals surface area (Å²) in [6.07, 6.45) is 3.75. The molecule has 0 aliphatic carbocycles.